The molecule has 0 amide bonds. The zero-order valence-electron chi connectivity index (χ0n) is 9.28. The molecule has 0 radical (unpaired) electrons. The maximum atomic E-state index is 4.17. The summed E-state index contributed by atoms with van der Waals surface area (Å²) in [5.41, 5.74) is 3.66. The van der Waals surface area contributed by atoms with Gasteiger partial charge in [0.1, 0.15) is 0 Å². The monoisotopic (exact) mass is 196 g/mol. The highest BCUT2D eigenvalue weighted by atomic mass is 15.1. The molecule has 0 aromatic carbocycles. The molecule has 0 saturated heterocycles. The molecular formula is C10H20N4. The Morgan fingerprint density at radius 2 is 2.00 bits per heavy atom. The number of rotatable bonds is 6. The van der Waals surface area contributed by atoms with Crippen LogP contribution in [0.5, 0.6) is 0 Å². The van der Waals surface area contributed by atoms with Crippen LogP contribution in [0.15, 0.2) is 0 Å². The van der Waals surface area contributed by atoms with Gasteiger partial charge in [0, 0.05) is 18.8 Å². The molecule has 1 heterocycles. The number of hydrogen-bond acceptors (Lipinski definition) is 3. The van der Waals surface area contributed by atoms with Gasteiger partial charge >= 0.3 is 0 Å². The predicted octanol–water partition coefficient (Wildman–Crippen LogP) is 0.378. The zero-order valence-corrected chi connectivity index (χ0v) is 9.28. The zero-order chi connectivity index (χ0) is 10.4. The third-order valence-electron chi connectivity index (χ3n) is 2.38. The number of H-pyrrole nitrogens is 1. The molecule has 1 aromatic heterocycles. The van der Waals surface area contributed by atoms with E-state index in [9.17, 15) is 0 Å². The molecular weight excluding hydrogens is 176 g/mol. The SMILES string of the molecule is CNCCNCCc1c(C)n[nH]c1C. The van der Waals surface area contributed by atoms with Crippen LogP contribution in [0, 0.1) is 13.8 Å². The summed E-state index contributed by atoms with van der Waals surface area (Å²) in [4.78, 5) is 0. The van der Waals surface area contributed by atoms with Gasteiger partial charge in [-0.15, -0.1) is 0 Å². The van der Waals surface area contributed by atoms with Crippen LogP contribution in [0.2, 0.25) is 0 Å². The smallest absolute Gasteiger partial charge is 0.0626 e. The summed E-state index contributed by atoms with van der Waals surface area (Å²) in [7, 11) is 1.96. The van der Waals surface area contributed by atoms with Crippen molar-refractivity contribution in [3.63, 3.8) is 0 Å². The van der Waals surface area contributed by atoms with Gasteiger partial charge in [0.15, 0.2) is 0 Å². The van der Waals surface area contributed by atoms with Gasteiger partial charge in [0.2, 0.25) is 0 Å². The van der Waals surface area contributed by atoms with Crippen molar-refractivity contribution in [1.82, 2.24) is 20.8 Å². The van der Waals surface area contributed by atoms with Crippen molar-refractivity contribution in [2.24, 2.45) is 0 Å². The Balaban J connectivity index is 2.24. The Bertz CT molecular complexity index is 248. The molecule has 4 heteroatoms. The molecule has 0 unspecified atom stereocenters. The highest BCUT2D eigenvalue weighted by Crippen LogP contribution is 2.08. The second-order valence-electron chi connectivity index (χ2n) is 3.52. The first-order valence-electron chi connectivity index (χ1n) is 5.11. The lowest BCUT2D eigenvalue weighted by atomic mass is 10.1. The number of aryl methyl sites for hydroxylation is 2. The van der Waals surface area contributed by atoms with Crippen LogP contribution < -0.4 is 10.6 Å². The third kappa shape index (κ3) is 3.12. The Hall–Kier alpha value is -0.870. The Labute approximate surface area is 85.5 Å². The molecule has 80 valence electrons. The fourth-order valence-electron chi connectivity index (χ4n) is 1.49. The minimum absolute atomic E-state index is 1.02. The number of aromatic nitrogens is 2. The molecule has 1 rings (SSSR count). The summed E-state index contributed by atoms with van der Waals surface area (Å²) >= 11 is 0. The molecule has 14 heavy (non-hydrogen) atoms. The van der Waals surface area contributed by atoms with Gasteiger partial charge in [-0.3, -0.25) is 5.10 Å². The lowest BCUT2D eigenvalue weighted by molar-refractivity contribution is 0.647. The van der Waals surface area contributed by atoms with E-state index in [-0.39, 0.29) is 0 Å². The molecule has 0 aliphatic rings. The molecule has 4 nitrogen and oxygen atoms in total. The lowest BCUT2D eigenvalue weighted by Crippen LogP contribution is -2.26. The van der Waals surface area contributed by atoms with Crippen molar-refractivity contribution in [2.45, 2.75) is 20.3 Å². The van der Waals surface area contributed by atoms with Gasteiger partial charge in [0.25, 0.3) is 0 Å². The molecule has 1 aromatic rings. The number of likely N-dealkylation sites (N-methyl/N-ethyl adjacent to an activating group) is 1. The van der Waals surface area contributed by atoms with E-state index in [4.69, 9.17) is 0 Å². The van der Waals surface area contributed by atoms with Crippen molar-refractivity contribution >= 4 is 0 Å². The first-order chi connectivity index (χ1) is 6.75. The average Bonchev–Trinajstić information content (AvgIpc) is 2.48. The van der Waals surface area contributed by atoms with E-state index in [1.165, 1.54) is 11.3 Å². The number of nitrogens with zero attached hydrogens (tertiary/aromatic N) is 1. The van der Waals surface area contributed by atoms with E-state index in [1.54, 1.807) is 0 Å². The molecule has 3 N–H and O–H groups in total. The first kappa shape index (κ1) is 11.2. The van der Waals surface area contributed by atoms with Gasteiger partial charge in [-0.25, -0.2) is 0 Å². The van der Waals surface area contributed by atoms with Gasteiger partial charge in [0.05, 0.1) is 5.69 Å². The Morgan fingerprint density at radius 3 is 2.57 bits per heavy atom. The Morgan fingerprint density at radius 1 is 1.21 bits per heavy atom. The fourth-order valence-corrected chi connectivity index (χ4v) is 1.49. The van der Waals surface area contributed by atoms with E-state index in [2.05, 4.69) is 27.8 Å². The summed E-state index contributed by atoms with van der Waals surface area (Å²) in [5, 5.41) is 13.6. The van der Waals surface area contributed by atoms with Crippen LogP contribution in [0.3, 0.4) is 0 Å². The molecule has 0 fully saturated rings. The summed E-state index contributed by atoms with van der Waals surface area (Å²) in [6.45, 7) is 7.17. The normalized spacial score (nSPS) is 10.8. The third-order valence-corrected chi connectivity index (χ3v) is 2.38. The highest BCUT2D eigenvalue weighted by Gasteiger charge is 2.04. The van der Waals surface area contributed by atoms with Gasteiger partial charge in [-0.1, -0.05) is 0 Å². The van der Waals surface area contributed by atoms with Crippen LogP contribution in [0.4, 0.5) is 0 Å². The van der Waals surface area contributed by atoms with Crippen LogP contribution >= 0.6 is 0 Å². The second kappa shape index (κ2) is 5.78. The first-order valence-corrected chi connectivity index (χ1v) is 5.11. The van der Waals surface area contributed by atoms with E-state index >= 15 is 0 Å². The molecule has 0 saturated carbocycles. The minimum Gasteiger partial charge on any atom is -0.318 e. The van der Waals surface area contributed by atoms with Crippen molar-refractivity contribution < 1.29 is 0 Å². The predicted molar refractivity (Wildman–Crippen MR) is 58.6 cm³/mol. The molecule has 0 bridgehead atoms. The maximum Gasteiger partial charge on any atom is 0.0626 e. The van der Waals surface area contributed by atoms with Gasteiger partial charge in [-0.2, -0.15) is 5.10 Å². The van der Waals surface area contributed by atoms with Gasteiger partial charge in [-0.05, 0) is 39.4 Å². The van der Waals surface area contributed by atoms with E-state index in [0.29, 0.717) is 0 Å². The molecule has 0 aliphatic carbocycles. The van der Waals surface area contributed by atoms with E-state index in [1.807, 2.05) is 14.0 Å². The van der Waals surface area contributed by atoms with E-state index < -0.39 is 0 Å². The Kier molecular flexibility index (Phi) is 4.62. The maximum absolute atomic E-state index is 4.17. The number of nitrogens with one attached hydrogen (secondary N) is 3. The highest BCUT2D eigenvalue weighted by molar-refractivity contribution is 5.23. The largest absolute Gasteiger partial charge is 0.318 e. The van der Waals surface area contributed by atoms with Crippen molar-refractivity contribution in [3.05, 3.63) is 17.0 Å². The molecule has 0 atom stereocenters. The fraction of sp³-hybridized carbons (Fsp3) is 0.700. The minimum atomic E-state index is 1.02. The van der Waals surface area contributed by atoms with E-state index in [0.717, 1.165) is 31.7 Å². The van der Waals surface area contributed by atoms with Crippen LogP contribution in [0.1, 0.15) is 17.0 Å². The number of hydrogen-bond donors (Lipinski definition) is 3. The van der Waals surface area contributed by atoms with Crippen LogP contribution in [0.25, 0.3) is 0 Å². The topological polar surface area (TPSA) is 52.7 Å². The van der Waals surface area contributed by atoms with Crippen molar-refractivity contribution in [3.8, 4) is 0 Å². The average molecular weight is 196 g/mol. The standard InChI is InChI=1S/C10H20N4/c1-8-10(9(2)14-13-8)4-5-12-7-6-11-3/h11-12H,4-7H2,1-3H3,(H,13,14). The summed E-state index contributed by atoms with van der Waals surface area (Å²) in [5.74, 6) is 0. The van der Waals surface area contributed by atoms with Crippen LogP contribution in [-0.2, 0) is 6.42 Å². The number of aromatic amines is 1. The lowest BCUT2D eigenvalue weighted by Gasteiger charge is -2.04. The van der Waals surface area contributed by atoms with Gasteiger partial charge < -0.3 is 10.6 Å². The van der Waals surface area contributed by atoms with Crippen molar-refractivity contribution in [1.29, 1.82) is 0 Å². The summed E-state index contributed by atoms with van der Waals surface area (Å²) in [6.07, 6.45) is 1.05. The molecule has 0 aliphatic heterocycles. The summed E-state index contributed by atoms with van der Waals surface area (Å²) in [6, 6.07) is 0. The second-order valence-corrected chi connectivity index (χ2v) is 3.52. The quantitative estimate of drug-likeness (QED) is 0.576. The van der Waals surface area contributed by atoms with Crippen molar-refractivity contribution in [2.75, 3.05) is 26.7 Å². The van der Waals surface area contributed by atoms with Crippen LogP contribution in [-0.4, -0.2) is 36.9 Å². The molecule has 0 spiro atoms. The summed E-state index contributed by atoms with van der Waals surface area (Å²) < 4.78 is 0.